The lowest BCUT2D eigenvalue weighted by molar-refractivity contribution is 0.0712. The van der Waals surface area contributed by atoms with E-state index in [1.54, 1.807) is 7.11 Å². The highest BCUT2D eigenvalue weighted by Crippen LogP contribution is 2.27. The molecular formula is C15H23NO3. The first-order valence-electron chi connectivity index (χ1n) is 6.87. The third-order valence-electron chi connectivity index (χ3n) is 3.34. The van der Waals surface area contributed by atoms with E-state index in [1.165, 1.54) is 11.1 Å². The minimum Gasteiger partial charge on any atom is -0.493 e. The van der Waals surface area contributed by atoms with E-state index in [9.17, 15) is 0 Å². The molecule has 19 heavy (non-hydrogen) atoms. The van der Waals surface area contributed by atoms with Gasteiger partial charge in [-0.05, 0) is 24.1 Å². The van der Waals surface area contributed by atoms with Gasteiger partial charge >= 0.3 is 0 Å². The molecule has 0 saturated carbocycles. The Labute approximate surface area is 115 Å². The fourth-order valence-corrected chi connectivity index (χ4v) is 2.19. The Balaban J connectivity index is 1.72. The van der Waals surface area contributed by atoms with Crippen LogP contribution in [0.1, 0.15) is 24.1 Å². The maximum Gasteiger partial charge on any atom is 0.122 e. The molecule has 1 heterocycles. The molecule has 1 unspecified atom stereocenters. The molecule has 1 aliphatic rings. The second-order valence-corrected chi connectivity index (χ2v) is 4.75. The molecule has 0 bridgehead atoms. The number of methoxy groups -OCH3 is 1. The summed E-state index contributed by atoms with van der Waals surface area (Å²) in [5, 5.41) is 3.46. The number of rotatable bonds is 8. The molecule has 0 aromatic heterocycles. The number of nitrogens with one attached hydrogen (secondary N) is 1. The Morgan fingerprint density at radius 1 is 1.32 bits per heavy atom. The number of fused-ring (bicyclic) bond motifs is 1. The summed E-state index contributed by atoms with van der Waals surface area (Å²) in [6, 6.07) is 6.78. The molecule has 4 heteroatoms. The third kappa shape index (κ3) is 4.20. The molecule has 2 rings (SSSR count). The van der Waals surface area contributed by atoms with Crippen molar-refractivity contribution in [2.45, 2.75) is 19.4 Å². The van der Waals surface area contributed by atoms with Crippen LogP contribution in [0.2, 0.25) is 0 Å². The summed E-state index contributed by atoms with van der Waals surface area (Å²) in [5.74, 6) is 1.04. The standard InChI is InChI=1S/C15H23NO3/c1-12(16-6-8-18-10-9-17-2)13-3-4-15-14(11-13)5-7-19-15/h3-4,11-12,16H,5-10H2,1-2H3. The average Bonchev–Trinajstić information content (AvgIpc) is 2.89. The van der Waals surface area contributed by atoms with Crippen LogP contribution in [0.25, 0.3) is 0 Å². The van der Waals surface area contributed by atoms with Gasteiger partial charge in [-0.25, -0.2) is 0 Å². The van der Waals surface area contributed by atoms with Crippen LogP contribution < -0.4 is 10.1 Å². The molecule has 0 aliphatic carbocycles. The first-order valence-corrected chi connectivity index (χ1v) is 6.87. The molecule has 1 aromatic carbocycles. The highest BCUT2D eigenvalue weighted by atomic mass is 16.5. The lowest BCUT2D eigenvalue weighted by Gasteiger charge is -2.15. The largest absolute Gasteiger partial charge is 0.493 e. The van der Waals surface area contributed by atoms with Crippen molar-refractivity contribution >= 4 is 0 Å². The van der Waals surface area contributed by atoms with E-state index in [4.69, 9.17) is 14.2 Å². The second-order valence-electron chi connectivity index (χ2n) is 4.75. The van der Waals surface area contributed by atoms with Crippen molar-refractivity contribution in [2.24, 2.45) is 0 Å². The van der Waals surface area contributed by atoms with Crippen LogP contribution in [0.3, 0.4) is 0 Å². The van der Waals surface area contributed by atoms with E-state index in [-0.39, 0.29) is 0 Å². The molecular weight excluding hydrogens is 242 g/mol. The van der Waals surface area contributed by atoms with Gasteiger partial charge in [0.1, 0.15) is 5.75 Å². The topological polar surface area (TPSA) is 39.7 Å². The van der Waals surface area contributed by atoms with Crippen molar-refractivity contribution in [3.8, 4) is 5.75 Å². The molecule has 106 valence electrons. The molecule has 0 radical (unpaired) electrons. The molecule has 1 atom stereocenters. The Hall–Kier alpha value is -1.10. The Kier molecular flexibility index (Phi) is 5.63. The predicted octanol–water partition coefficient (Wildman–Crippen LogP) is 1.94. The van der Waals surface area contributed by atoms with Crippen molar-refractivity contribution in [3.05, 3.63) is 29.3 Å². The van der Waals surface area contributed by atoms with Crippen LogP contribution >= 0.6 is 0 Å². The van der Waals surface area contributed by atoms with Crippen molar-refractivity contribution in [1.82, 2.24) is 5.32 Å². The minimum absolute atomic E-state index is 0.330. The van der Waals surface area contributed by atoms with Crippen molar-refractivity contribution in [2.75, 3.05) is 40.1 Å². The summed E-state index contributed by atoms with van der Waals surface area (Å²) >= 11 is 0. The van der Waals surface area contributed by atoms with Gasteiger partial charge in [-0.15, -0.1) is 0 Å². The normalized spacial score (nSPS) is 15.1. The summed E-state index contributed by atoms with van der Waals surface area (Å²) in [6.07, 6.45) is 1.02. The minimum atomic E-state index is 0.330. The van der Waals surface area contributed by atoms with Crippen LogP contribution in [-0.2, 0) is 15.9 Å². The second kappa shape index (κ2) is 7.48. The van der Waals surface area contributed by atoms with E-state index < -0.39 is 0 Å². The molecule has 1 aromatic rings. The molecule has 0 fully saturated rings. The van der Waals surface area contributed by atoms with Crippen LogP contribution in [0.15, 0.2) is 18.2 Å². The first-order chi connectivity index (χ1) is 9.31. The van der Waals surface area contributed by atoms with Crippen LogP contribution in [0.5, 0.6) is 5.75 Å². The maximum absolute atomic E-state index is 5.52. The predicted molar refractivity (Wildman–Crippen MR) is 74.8 cm³/mol. The summed E-state index contributed by atoms with van der Waals surface area (Å²) in [4.78, 5) is 0. The van der Waals surface area contributed by atoms with Gasteiger partial charge in [0.2, 0.25) is 0 Å². The van der Waals surface area contributed by atoms with Gasteiger partial charge in [-0.2, -0.15) is 0 Å². The van der Waals surface area contributed by atoms with E-state index in [0.29, 0.717) is 25.9 Å². The zero-order valence-corrected chi connectivity index (χ0v) is 11.8. The molecule has 0 saturated heterocycles. The van der Waals surface area contributed by atoms with Gasteiger partial charge in [0.25, 0.3) is 0 Å². The number of hydrogen-bond donors (Lipinski definition) is 1. The highest BCUT2D eigenvalue weighted by Gasteiger charge is 2.14. The Bertz CT molecular complexity index is 395. The summed E-state index contributed by atoms with van der Waals surface area (Å²) in [7, 11) is 1.68. The van der Waals surface area contributed by atoms with Gasteiger partial charge in [-0.1, -0.05) is 12.1 Å². The van der Waals surface area contributed by atoms with E-state index in [1.807, 2.05) is 0 Å². The van der Waals surface area contributed by atoms with Crippen LogP contribution in [-0.4, -0.2) is 40.1 Å². The van der Waals surface area contributed by atoms with Crippen molar-refractivity contribution in [3.63, 3.8) is 0 Å². The van der Waals surface area contributed by atoms with Gasteiger partial charge in [0.15, 0.2) is 0 Å². The van der Waals surface area contributed by atoms with E-state index >= 15 is 0 Å². The first kappa shape index (κ1) is 14.3. The highest BCUT2D eigenvalue weighted by molar-refractivity contribution is 5.40. The molecule has 1 N–H and O–H groups in total. The number of ether oxygens (including phenoxy) is 3. The lowest BCUT2D eigenvalue weighted by Crippen LogP contribution is -2.23. The fourth-order valence-electron chi connectivity index (χ4n) is 2.19. The quantitative estimate of drug-likeness (QED) is 0.729. The van der Waals surface area contributed by atoms with Gasteiger partial charge in [0.05, 0.1) is 26.4 Å². The Morgan fingerprint density at radius 3 is 3.05 bits per heavy atom. The average molecular weight is 265 g/mol. The Morgan fingerprint density at radius 2 is 2.21 bits per heavy atom. The zero-order valence-electron chi connectivity index (χ0n) is 11.8. The lowest BCUT2D eigenvalue weighted by atomic mass is 10.0. The summed E-state index contributed by atoms with van der Waals surface area (Å²) in [5.41, 5.74) is 2.63. The van der Waals surface area contributed by atoms with Gasteiger partial charge in [-0.3, -0.25) is 0 Å². The molecule has 1 aliphatic heterocycles. The maximum atomic E-state index is 5.52. The van der Waals surface area contributed by atoms with Gasteiger partial charge < -0.3 is 19.5 Å². The van der Waals surface area contributed by atoms with Crippen molar-refractivity contribution in [1.29, 1.82) is 0 Å². The summed E-state index contributed by atoms with van der Waals surface area (Å²) < 4.78 is 15.9. The molecule has 0 spiro atoms. The van der Waals surface area contributed by atoms with Crippen molar-refractivity contribution < 1.29 is 14.2 Å². The third-order valence-corrected chi connectivity index (χ3v) is 3.34. The van der Waals surface area contributed by atoms with E-state index in [0.717, 1.165) is 25.3 Å². The zero-order chi connectivity index (χ0) is 13.5. The molecule has 4 nitrogen and oxygen atoms in total. The van der Waals surface area contributed by atoms with Crippen LogP contribution in [0, 0.1) is 0 Å². The number of hydrogen-bond acceptors (Lipinski definition) is 4. The van der Waals surface area contributed by atoms with Crippen LogP contribution in [0.4, 0.5) is 0 Å². The SMILES string of the molecule is COCCOCCNC(C)c1ccc2c(c1)CCO2. The van der Waals surface area contributed by atoms with Gasteiger partial charge in [0, 0.05) is 26.1 Å². The fraction of sp³-hybridized carbons (Fsp3) is 0.600. The summed E-state index contributed by atoms with van der Waals surface area (Å²) in [6.45, 7) is 5.85. The monoisotopic (exact) mass is 265 g/mol. The molecule has 0 amide bonds. The number of benzene rings is 1. The van der Waals surface area contributed by atoms with E-state index in [2.05, 4.69) is 30.4 Å². The smallest absolute Gasteiger partial charge is 0.122 e.